The molecule has 0 aliphatic rings. The number of nitrogens with zero attached hydrogens (tertiary/aromatic N) is 1. The highest BCUT2D eigenvalue weighted by Crippen LogP contribution is 2.24. The van der Waals surface area contributed by atoms with Crippen LogP contribution in [0.3, 0.4) is 0 Å². The molecular weight excluding hydrogens is 336 g/mol. The van der Waals surface area contributed by atoms with Gasteiger partial charge in [0, 0.05) is 18.5 Å². The van der Waals surface area contributed by atoms with Crippen LogP contribution in [0.2, 0.25) is 0 Å². The molecule has 0 radical (unpaired) electrons. The van der Waals surface area contributed by atoms with Crippen molar-refractivity contribution in [2.24, 2.45) is 0 Å². The minimum atomic E-state index is -0.138. The Bertz CT molecular complexity index is 919. The molecule has 3 aromatic rings. The van der Waals surface area contributed by atoms with Gasteiger partial charge in [0.15, 0.2) is 0 Å². The van der Waals surface area contributed by atoms with Gasteiger partial charge in [-0.2, -0.15) is 0 Å². The predicted octanol–water partition coefficient (Wildman–Crippen LogP) is 5.07. The molecule has 3 rings (SSSR count). The minimum Gasteiger partial charge on any atom is -0.457 e. The molecule has 0 spiro atoms. The Morgan fingerprint density at radius 1 is 1.04 bits per heavy atom. The maximum absolute atomic E-state index is 12.2. The molecule has 27 heavy (non-hydrogen) atoms. The normalized spacial score (nSPS) is 11.9. The van der Waals surface area contributed by atoms with Crippen molar-refractivity contribution < 1.29 is 9.53 Å². The number of aryl methyl sites for hydroxylation is 1. The van der Waals surface area contributed by atoms with Crippen LogP contribution in [0, 0.1) is 6.92 Å². The number of rotatable bonds is 6. The molecule has 0 unspecified atom stereocenters. The molecule has 0 aliphatic heterocycles. The summed E-state index contributed by atoms with van der Waals surface area (Å²) in [6, 6.07) is 19.2. The number of nitrogens with one attached hydrogen (secondary N) is 1. The fourth-order valence-corrected chi connectivity index (χ4v) is 2.58. The number of ether oxygens (including phenoxy) is 1. The van der Waals surface area contributed by atoms with Crippen LogP contribution in [0.15, 0.2) is 79.1 Å². The first-order chi connectivity index (χ1) is 13.1. The molecule has 4 nitrogen and oxygen atoms in total. The summed E-state index contributed by atoms with van der Waals surface area (Å²) in [4.78, 5) is 16.2. The lowest BCUT2D eigenvalue weighted by atomic mass is 10.1. The Balaban J connectivity index is 1.61. The van der Waals surface area contributed by atoms with Crippen LogP contribution >= 0.6 is 0 Å². The number of aromatic nitrogens is 1. The van der Waals surface area contributed by atoms with Crippen molar-refractivity contribution in [3.05, 3.63) is 95.8 Å². The highest BCUT2D eigenvalue weighted by Gasteiger charge is 2.09. The zero-order valence-corrected chi connectivity index (χ0v) is 15.4. The van der Waals surface area contributed by atoms with Gasteiger partial charge in [0.1, 0.15) is 11.5 Å². The van der Waals surface area contributed by atoms with Crippen molar-refractivity contribution in [2.45, 2.75) is 19.9 Å². The third kappa shape index (κ3) is 5.54. The summed E-state index contributed by atoms with van der Waals surface area (Å²) in [6.07, 6.45) is 6.73. The molecule has 0 saturated carbocycles. The van der Waals surface area contributed by atoms with Crippen LogP contribution in [0.1, 0.15) is 29.7 Å². The van der Waals surface area contributed by atoms with Crippen LogP contribution in [-0.2, 0) is 4.79 Å². The maximum Gasteiger partial charge on any atom is 0.244 e. The number of carbonyl (C=O) groups is 1. The van der Waals surface area contributed by atoms with Crippen molar-refractivity contribution in [3.8, 4) is 11.5 Å². The lowest BCUT2D eigenvalue weighted by Gasteiger charge is -2.14. The number of hydrogen-bond donors (Lipinski definition) is 1. The van der Waals surface area contributed by atoms with Crippen LogP contribution in [0.25, 0.3) is 6.08 Å². The summed E-state index contributed by atoms with van der Waals surface area (Å²) in [5, 5.41) is 2.98. The highest BCUT2D eigenvalue weighted by atomic mass is 16.5. The van der Waals surface area contributed by atoms with E-state index in [-0.39, 0.29) is 11.9 Å². The van der Waals surface area contributed by atoms with Gasteiger partial charge in [0.2, 0.25) is 5.91 Å². The molecule has 1 N–H and O–H groups in total. The summed E-state index contributed by atoms with van der Waals surface area (Å²) in [5.74, 6) is 1.30. The van der Waals surface area contributed by atoms with Gasteiger partial charge in [0.05, 0.1) is 6.04 Å². The summed E-state index contributed by atoms with van der Waals surface area (Å²) < 4.78 is 5.82. The SMILES string of the molecule is Cc1ccc(C=CC(=O)N[C@@H](C)c2cccc(Oc3ccncc3)c2)cc1. The van der Waals surface area contributed by atoms with Gasteiger partial charge in [-0.25, -0.2) is 0 Å². The van der Waals surface area contributed by atoms with E-state index in [4.69, 9.17) is 4.74 Å². The quantitative estimate of drug-likeness (QED) is 0.626. The van der Waals surface area contributed by atoms with Gasteiger partial charge in [-0.05, 0) is 55.3 Å². The van der Waals surface area contributed by atoms with E-state index < -0.39 is 0 Å². The Kier molecular flexibility index (Phi) is 6.00. The lowest BCUT2D eigenvalue weighted by Crippen LogP contribution is -2.24. The predicted molar refractivity (Wildman–Crippen MR) is 108 cm³/mol. The van der Waals surface area contributed by atoms with Gasteiger partial charge in [-0.15, -0.1) is 0 Å². The van der Waals surface area contributed by atoms with Crippen LogP contribution in [0.5, 0.6) is 11.5 Å². The van der Waals surface area contributed by atoms with Gasteiger partial charge >= 0.3 is 0 Å². The standard InChI is InChI=1S/C23H22N2O2/c1-17-6-8-19(9-7-17)10-11-23(26)25-18(2)20-4-3-5-22(16-20)27-21-12-14-24-15-13-21/h3-16,18H,1-2H3,(H,25,26)/t18-/m0/s1. The molecule has 136 valence electrons. The summed E-state index contributed by atoms with van der Waals surface area (Å²) in [5.41, 5.74) is 3.16. The molecule has 0 saturated heterocycles. The molecule has 1 amide bonds. The average Bonchev–Trinajstić information content (AvgIpc) is 2.68. The minimum absolute atomic E-state index is 0.136. The van der Waals surface area contributed by atoms with E-state index in [0.29, 0.717) is 0 Å². The smallest absolute Gasteiger partial charge is 0.244 e. The maximum atomic E-state index is 12.2. The van der Waals surface area contributed by atoms with Crippen LogP contribution < -0.4 is 10.1 Å². The topological polar surface area (TPSA) is 51.2 Å². The molecule has 4 heteroatoms. The van der Waals surface area contributed by atoms with Crippen molar-refractivity contribution in [3.63, 3.8) is 0 Å². The Hall–Kier alpha value is -3.40. The van der Waals surface area contributed by atoms with E-state index in [0.717, 1.165) is 22.6 Å². The first-order valence-corrected chi connectivity index (χ1v) is 8.83. The van der Waals surface area contributed by atoms with E-state index in [9.17, 15) is 4.79 Å². The van der Waals surface area contributed by atoms with Crippen molar-refractivity contribution in [1.82, 2.24) is 10.3 Å². The fraction of sp³-hybridized carbons (Fsp3) is 0.130. The number of amides is 1. The van der Waals surface area contributed by atoms with Crippen molar-refractivity contribution in [1.29, 1.82) is 0 Å². The lowest BCUT2D eigenvalue weighted by molar-refractivity contribution is -0.117. The number of hydrogen-bond acceptors (Lipinski definition) is 3. The molecule has 2 aromatic carbocycles. The first kappa shape index (κ1) is 18.4. The molecule has 1 aromatic heterocycles. The molecule has 1 heterocycles. The van der Waals surface area contributed by atoms with Crippen LogP contribution in [-0.4, -0.2) is 10.9 Å². The molecule has 0 aliphatic carbocycles. The van der Waals surface area contributed by atoms with Gasteiger partial charge < -0.3 is 10.1 Å². The third-order valence-corrected chi connectivity index (χ3v) is 4.11. The summed E-state index contributed by atoms with van der Waals surface area (Å²) in [6.45, 7) is 3.98. The Morgan fingerprint density at radius 3 is 2.52 bits per heavy atom. The monoisotopic (exact) mass is 358 g/mol. The number of pyridine rings is 1. The van der Waals surface area contributed by atoms with E-state index in [1.807, 2.05) is 68.5 Å². The number of benzene rings is 2. The van der Waals surface area contributed by atoms with Crippen molar-refractivity contribution >= 4 is 12.0 Å². The number of carbonyl (C=O) groups excluding carboxylic acids is 1. The van der Waals surface area contributed by atoms with Gasteiger partial charge in [-0.3, -0.25) is 9.78 Å². The Labute approximate surface area is 159 Å². The van der Waals surface area contributed by atoms with E-state index in [1.165, 1.54) is 5.56 Å². The van der Waals surface area contributed by atoms with E-state index >= 15 is 0 Å². The van der Waals surface area contributed by atoms with E-state index in [1.54, 1.807) is 30.6 Å². The van der Waals surface area contributed by atoms with Gasteiger partial charge in [-0.1, -0.05) is 42.0 Å². The third-order valence-electron chi connectivity index (χ3n) is 4.11. The second-order valence-electron chi connectivity index (χ2n) is 6.33. The zero-order chi connectivity index (χ0) is 19.1. The molecule has 0 bridgehead atoms. The largest absolute Gasteiger partial charge is 0.457 e. The second kappa shape index (κ2) is 8.81. The van der Waals surface area contributed by atoms with Crippen molar-refractivity contribution in [2.75, 3.05) is 0 Å². The van der Waals surface area contributed by atoms with E-state index in [2.05, 4.69) is 10.3 Å². The summed E-state index contributed by atoms with van der Waals surface area (Å²) in [7, 11) is 0. The molecular formula is C23H22N2O2. The molecule has 1 atom stereocenters. The zero-order valence-electron chi connectivity index (χ0n) is 15.4. The van der Waals surface area contributed by atoms with Gasteiger partial charge in [0.25, 0.3) is 0 Å². The molecule has 0 fully saturated rings. The highest BCUT2D eigenvalue weighted by molar-refractivity contribution is 5.91. The average molecular weight is 358 g/mol. The van der Waals surface area contributed by atoms with Crippen LogP contribution in [0.4, 0.5) is 0 Å². The summed E-state index contributed by atoms with van der Waals surface area (Å²) >= 11 is 0. The first-order valence-electron chi connectivity index (χ1n) is 8.83. The fourth-order valence-electron chi connectivity index (χ4n) is 2.58. The second-order valence-corrected chi connectivity index (χ2v) is 6.33. The Morgan fingerprint density at radius 2 is 1.78 bits per heavy atom.